The van der Waals surface area contributed by atoms with E-state index in [1.807, 2.05) is 73.7 Å². The molecule has 0 aromatic heterocycles. The van der Waals surface area contributed by atoms with E-state index in [9.17, 15) is 9.59 Å². The van der Waals surface area contributed by atoms with E-state index in [-0.39, 0.29) is 22.8 Å². The number of carbonyl (C=O) groups excluding carboxylic acids is 2. The molecule has 1 unspecified atom stereocenters. The smallest absolute Gasteiger partial charge is 0.257 e. The molecule has 0 heterocycles. The third-order valence-corrected chi connectivity index (χ3v) is 6.58. The Labute approximate surface area is 241 Å². The quantitative estimate of drug-likeness (QED) is 0.162. The van der Waals surface area contributed by atoms with E-state index >= 15 is 0 Å². The summed E-state index contributed by atoms with van der Waals surface area (Å²) in [6.45, 7) is 6.21. The highest BCUT2D eigenvalue weighted by atomic mass is 32.1. The molecule has 4 aromatic rings. The van der Waals surface area contributed by atoms with Crippen molar-refractivity contribution in [3.63, 3.8) is 0 Å². The predicted molar refractivity (Wildman–Crippen MR) is 168 cm³/mol. The molecule has 0 spiro atoms. The zero-order valence-electron chi connectivity index (χ0n) is 22.9. The van der Waals surface area contributed by atoms with Crippen molar-refractivity contribution >= 4 is 51.9 Å². The van der Waals surface area contributed by atoms with Gasteiger partial charge in [-0.25, -0.2) is 0 Å². The average Bonchev–Trinajstić information content (AvgIpc) is 2.94. The van der Waals surface area contributed by atoms with Crippen molar-refractivity contribution < 1.29 is 9.59 Å². The van der Waals surface area contributed by atoms with Crippen LogP contribution in [0, 0.1) is 5.92 Å². The Balaban J connectivity index is 1.35. The largest absolute Gasteiger partial charge is 0.356 e. The van der Waals surface area contributed by atoms with E-state index < -0.39 is 0 Å². The summed E-state index contributed by atoms with van der Waals surface area (Å²) in [7, 11) is 0. The van der Waals surface area contributed by atoms with Crippen LogP contribution in [0.5, 0.6) is 0 Å². The van der Waals surface area contributed by atoms with Crippen LogP contribution in [0.15, 0.2) is 103 Å². The van der Waals surface area contributed by atoms with E-state index in [0.717, 1.165) is 23.4 Å². The van der Waals surface area contributed by atoms with Gasteiger partial charge in [-0.2, -0.15) is 0 Å². The molecule has 0 aliphatic heterocycles. The Morgan fingerprint density at radius 3 is 1.98 bits per heavy atom. The van der Waals surface area contributed by atoms with Gasteiger partial charge in [0.25, 0.3) is 5.91 Å². The van der Waals surface area contributed by atoms with E-state index in [1.54, 1.807) is 24.3 Å². The first-order valence-electron chi connectivity index (χ1n) is 13.3. The lowest BCUT2D eigenvalue weighted by Gasteiger charge is -2.16. The monoisotopic (exact) mass is 550 g/mol. The Bertz CT molecular complexity index is 1450. The number of carbonyl (C=O) groups is 2. The number of hydrogen-bond acceptors (Lipinski definition) is 4. The average molecular weight is 551 g/mol. The summed E-state index contributed by atoms with van der Waals surface area (Å²) in [5, 5.41) is 12.1. The molecule has 0 bridgehead atoms. The minimum Gasteiger partial charge on any atom is -0.356 e. The summed E-state index contributed by atoms with van der Waals surface area (Å²) in [6.07, 6.45) is 0.999. The molecule has 1 atom stereocenters. The van der Waals surface area contributed by atoms with Crippen molar-refractivity contribution in [2.45, 2.75) is 33.1 Å². The van der Waals surface area contributed by atoms with Crippen molar-refractivity contribution in [3.05, 3.63) is 120 Å². The first-order chi connectivity index (χ1) is 19.3. The van der Waals surface area contributed by atoms with Crippen LogP contribution in [0.1, 0.15) is 48.2 Å². The molecule has 6 nitrogen and oxygen atoms in total. The van der Waals surface area contributed by atoms with E-state index in [4.69, 9.17) is 12.2 Å². The molecule has 204 valence electrons. The number of nitrogens with one attached hydrogen (secondary N) is 4. The fraction of sp³-hybridized carbons (Fsp3) is 0.182. The SMILES string of the molecule is CC(C)Cc1ccc(C(C)C(=O)NC(=S)Nc2ccccc2C(=O)Nc2ccc(Nc3ccccc3)cc2)cc1. The lowest BCUT2D eigenvalue weighted by Crippen LogP contribution is -2.37. The van der Waals surface area contributed by atoms with Crippen LogP contribution in [0.4, 0.5) is 22.7 Å². The summed E-state index contributed by atoms with van der Waals surface area (Å²) >= 11 is 5.41. The number of rotatable bonds is 9. The van der Waals surface area contributed by atoms with Crippen molar-refractivity contribution in [2.75, 3.05) is 16.0 Å². The zero-order chi connectivity index (χ0) is 28.5. The molecule has 0 saturated heterocycles. The van der Waals surface area contributed by atoms with Crippen LogP contribution in [0.25, 0.3) is 0 Å². The number of hydrogen-bond donors (Lipinski definition) is 4. The lowest BCUT2D eigenvalue weighted by atomic mass is 9.96. The van der Waals surface area contributed by atoms with Crippen molar-refractivity contribution in [3.8, 4) is 0 Å². The molecule has 0 saturated carbocycles. The van der Waals surface area contributed by atoms with Gasteiger partial charge < -0.3 is 21.3 Å². The minimum atomic E-state index is -0.384. The third kappa shape index (κ3) is 8.01. The van der Waals surface area contributed by atoms with Gasteiger partial charge in [-0.15, -0.1) is 0 Å². The molecular formula is C33H34N4O2S. The van der Waals surface area contributed by atoms with E-state index in [1.165, 1.54) is 5.56 Å². The summed E-state index contributed by atoms with van der Waals surface area (Å²) in [6, 6.07) is 32.5. The molecule has 0 aliphatic rings. The maximum Gasteiger partial charge on any atom is 0.257 e. The zero-order valence-corrected chi connectivity index (χ0v) is 23.7. The molecule has 0 aliphatic carbocycles. The number of thiocarbonyl (C=S) groups is 1. The first-order valence-corrected chi connectivity index (χ1v) is 13.7. The number of amides is 2. The highest BCUT2D eigenvalue weighted by Gasteiger charge is 2.18. The summed E-state index contributed by atoms with van der Waals surface area (Å²) in [5.41, 5.74) is 5.61. The van der Waals surface area contributed by atoms with Crippen LogP contribution in [-0.2, 0) is 11.2 Å². The van der Waals surface area contributed by atoms with Gasteiger partial charge in [-0.1, -0.05) is 68.4 Å². The molecular weight excluding hydrogens is 516 g/mol. The van der Waals surface area contributed by atoms with E-state index in [0.29, 0.717) is 22.9 Å². The standard InChI is InChI=1S/C33H34N4O2S/c1-22(2)21-24-13-15-25(16-14-24)23(3)31(38)37-33(40)36-30-12-8-7-11-29(30)32(39)35-28-19-17-27(18-20-28)34-26-9-5-4-6-10-26/h4-20,22-23,34H,21H2,1-3H3,(H,35,39)(H2,36,37,38,40). The van der Waals surface area contributed by atoms with Crippen LogP contribution in [0.3, 0.4) is 0 Å². The van der Waals surface area contributed by atoms with Crippen LogP contribution >= 0.6 is 12.2 Å². The van der Waals surface area contributed by atoms with Gasteiger partial charge in [0.05, 0.1) is 17.2 Å². The first kappa shape index (κ1) is 28.5. The molecule has 4 N–H and O–H groups in total. The topological polar surface area (TPSA) is 82.3 Å². The number of benzene rings is 4. The fourth-order valence-electron chi connectivity index (χ4n) is 4.25. The van der Waals surface area contributed by atoms with Crippen LogP contribution in [0.2, 0.25) is 0 Å². The Hall–Kier alpha value is -4.49. The van der Waals surface area contributed by atoms with Crippen LogP contribution in [-0.4, -0.2) is 16.9 Å². The van der Waals surface area contributed by atoms with Crippen LogP contribution < -0.4 is 21.3 Å². The highest BCUT2D eigenvalue weighted by Crippen LogP contribution is 2.22. The predicted octanol–water partition coefficient (Wildman–Crippen LogP) is 7.50. The van der Waals surface area contributed by atoms with Crippen molar-refractivity contribution in [2.24, 2.45) is 5.92 Å². The summed E-state index contributed by atoms with van der Waals surface area (Å²) in [5.74, 6) is -0.329. The summed E-state index contributed by atoms with van der Waals surface area (Å²) in [4.78, 5) is 26.0. The Morgan fingerprint density at radius 2 is 1.30 bits per heavy atom. The van der Waals surface area contributed by atoms with Gasteiger partial charge in [0.2, 0.25) is 5.91 Å². The maximum atomic E-state index is 13.1. The Morgan fingerprint density at radius 1 is 0.700 bits per heavy atom. The Kier molecular flexibility index (Phi) is 9.65. The fourth-order valence-corrected chi connectivity index (χ4v) is 4.46. The third-order valence-electron chi connectivity index (χ3n) is 6.38. The van der Waals surface area contributed by atoms with E-state index in [2.05, 4.69) is 47.2 Å². The van der Waals surface area contributed by atoms with Gasteiger partial charge in [-0.05, 0) is 91.1 Å². The second-order valence-electron chi connectivity index (χ2n) is 10.1. The number of para-hydroxylation sites is 2. The summed E-state index contributed by atoms with van der Waals surface area (Å²) < 4.78 is 0. The van der Waals surface area contributed by atoms with Gasteiger partial charge >= 0.3 is 0 Å². The van der Waals surface area contributed by atoms with Gasteiger partial charge in [0.1, 0.15) is 0 Å². The minimum absolute atomic E-state index is 0.130. The maximum absolute atomic E-state index is 13.1. The normalized spacial score (nSPS) is 11.4. The van der Waals surface area contributed by atoms with Gasteiger partial charge in [0, 0.05) is 17.1 Å². The molecule has 0 radical (unpaired) electrons. The van der Waals surface area contributed by atoms with Gasteiger partial charge in [0.15, 0.2) is 5.11 Å². The second kappa shape index (κ2) is 13.5. The van der Waals surface area contributed by atoms with Crippen molar-refractivity contribution in [1.82, 2.24) is 5.32 Å². The highest BCUT2D eigenvalue weighted by molar-refractivity contribution is 7.80. The molecule has 7 heteroatoms. The molecule has 2 amide bonds. The number of anilines is 4. The molecule has 0 fully saturated rings. The van der Waals surface area contributed by atoms with Crippen molar-refractivity contribution in [1.29, 1.82) is 0 Å². The second-order valence-corrected chi connectivity index (χ2v) is 10.5. The molecule has 40 heavy (non-hydrogen) atoms. The molecule has 4 rings (SSSR count). The lowest BCUT2D eigenvalue weighted by molar-refractivity contribution is -0.120. The molecule has 4 aromatic carbocycles. The van der Waals surface area contributed by atoms with Gasteiger partial charge in [-0.3, -0.25) is 9.59 Å².